The third-order valence-electron chi connectivity index (χ3n) is 3.09. The van der Waals surface area contributed by atoms with Crippen LogP contribution in [0.5, 0.6) is 0 Å². The summed E-state index contributed by atoms with van der Waals surface area (Å²) < 4.78 is 4.55. The van der Waals surface area contributed by atoms with E-state index < -0.39 is 16.8 Å². The van der Waals surface area contributed by atoms with Gasteiger partial charge in [-0.2, -0.15) is 0 Å². The van der Waals surface area contributed by atoms with Crippen LogP contribution < -0.4 is 5.32 Å². The van der Waals surface area contributed by atoms with Gasteiger partial charge in [-0.1, -0.05) is 12.1 Å². The summed E-state index contributed by atoms with van der Waals surface area (Å²) in [4.78, 5) is 34.2. The first-order valence-corrected chi connectivity index (χ1v) is 6.66. The molecule has 0 radical (unpaired) electrons. The molecule has 0 aliphatic heterocycles. The van der Waals surface area contributed by atoms with Gasteiger partial charge in [0.05, 0.1) is 17.6 Å². The van der Waals surface area contributed by atoms with Crippen molar-refractivity contribution in [3.05, 3.63) is 69.3 Å². The molecule has 0 saturated heterocycles. The molecule has 118 valence electrons. The summed E-state index contributed by atoms with van der Waals surface area (Å²) in [6, 6.07) is 10.5. The zero-order chi connectivity index (χ0) is 17.0. The van der Waals surface area contributed by atoms with Gasteiger partial charge >= 0.3 is 5.97 Å². The maximum absolute atomic E-state index is 12.3. The first kappa shape index (κ1) is 16.2. The largest absolute Gasteiger partial charge is 0.465 e. The number of ether oxygens (including phenoxy) is 1. The Morgan fingerprint density at radius 2 is 1.83 bits per heavy atom. The van der Waals surface area contributed by atoms with E-state index in [-0.39, 0.29) is 16.8 Å². The Kier molecular flexibility index (Phi) is 4.70. The number of non-ortho nitro benzene ring substituents is 1. The van der Waals surface area contributed by atoms with Crippen LogP contribution in [0.15, 0.2) is 42.5 Å². The highest BCUT2D eigenvalue weighted by molar-refractivity contribution is 6.06. The number of benzene rings is 2. The smallest absolute Gasteiger partial charge is 0.338 e. The second-order valence-electron chi connectivity index (χ2n) is 4.84. The minimum absolute atomic E-state index is 0.00102. The van der Waals surface area contributed by atoms with Crippen molar-refractivity contribution in [2.45, 2.75) is 6.92 Å². The normalized spacial score (nSPS) is 10.0. The number of anilines is 1. The lowest BCUT2D eigenvalue weighted by Gasteiger charge is -2.07. The number of aryl methyl sites for hydroxylation is 1. The van der Waals surface area contributed by atoms with Crippen LogP contribution in [0.1, 0.15) is 26.3 Å². The number of esters is 1. The van der Waals surface area contributed by atoms with E-state index in [9.17, 15) is 19.7 Å². The van der Waals surface area contributed by atoms with Gasteiger partial charge in [0.1, 0.15) is 0 Å². The van der Waals surface area contributed by atoms with E-state index in [1.807, 2.05) is 13.0 Å². The number of nitrogens with zero attached hydrogens (tertiary/aromatic N) is 1. The number of hydrogen-bond donors (Lipinski definition) is 1. The van der Waals surface area contributed by atoms with Gasteiger partial charge in [0.2, 0.25) is 0 Å². The van der Waals surface area contributed by atoms with Crippen molar-refractivity contribution in [3.63, 3.8) is 0 Å². The number of amides is 1. The fraction of sp³-hybridized carbons (Fsp3) is 0.125. The van der Waals surface area contributed by atoms with Gasteiger partial charge < -0.3 is 10.1 Å². The molecule has 1 amide bonds. The van der Waals surface area contributed by atoms with E-state index in [0.29, 0.717) is 5.69 Å². The molecule has 2 rings (SSSR count). The van der Waals surface area contributed by atoms with E-state index in [2.05, 4.69) is 10.1 Å². The summed E-state index contributed by atoms with van der Waals surface area (Å²) in [5.41, 5.74) is 1.10. The van der Waals surface area contributed by atoms with Crippen molar-refractivity contribution in [3.8, 4) is 0 Å². The first-order valence-electron chi connectivity index (χ1n) is 6.66. The highest BCUT2D eigenvalue weighted by Gasteiger charge is 2.18. The number of carbonyl (C=O) groups excluding carboxylic acids is 2. The first-order chi connectivity index (χ1) is 10.9. The molecule has 0 aliphatic rings. The van der Waals surface area contributed by atoms with Crippen LogP contribution in [-0.2, 0) is 4.74 Å². The second kappa shape index (κ2) is 6.69. The van der Waals surface area contributed by atoms with Crippen molar-refractivity contribution < 1.29 is 19.2 Å². The van der Waals surface area contributed by atoms with Gasteiger partial charge in [-0.15, -0.1) is 0 Å². The molecule has 0 bridgehead atoms. The molecule has 0 aliphatic carbocycles. The van der Waals surface area contributed by atoms with Crippen molar-refractivity contribution >= 4 is 23.3 Å². The predicted octanol–water partition coefficient (Wildman–Crippen LogP) is 2.94. The number of nitro groups is 1. The summed E-state index contributed by atoms with van der Waals surface area (Å²) in [6.45, 7) is 1.87. The number of rotatable bonds is 4. The molecule has 0 heterocycles. The Morgan fingerprint density at radius 1 is 1.13 bits per heavy atom. The molecule has 0 atom stereocenters. The van der Waals surface area contributed by atoms with E-state index in [1.54, 1.807) is 18.2 Å². The molecule has 2 aromatic carbocycles. The molecule has 0 aromatic heterocycles. The molecule has 0 fully saturated rings. The van der Waals surface area contributed by atoms with Gasteiger partial charge in [0, 0.05) is 23.4 Å². The van der Waals surface area contributed by atoms with Gasteiger partial charge in [0.15, 0.2) is 0 Å². The maximum atomic E-state index is 12.3. The van der Waals surface area contributed by atoms with Crippen LogP contribution in [0.25, 0.3) is 0 Å². The van der Waals surface area contributed by atoms with E-state index in [4.69, 9.17) is 0 Å². The monoisotopic (exact) mass is 314 g/mol. The van der Waals surface area contributed by atoms with Crippen molar-refractivity contribution in [2.75, 3.05) is 12.4 Å². The molecular formula is C16H14N2O5. The molecule has 0 unspecified atom stereocenters. The summed E-state index contributed by atoms with van der Waals surface area (Å²) in [6.07, 6.45) is 0. The average molecular weight is 314 g/mol. The number of nitro benzene ring substituents is 1. The maximum Gasteiger partial charge on any atom is 0.338 e. The SMILES string of the molecule is COC(=O)c1cc(C(=O)Nc2cccc(C)c2)cc([N+](=O)[O-])c1. The highest BCUT2D eigenvalue weighted by Crippen LogP contribution is 2.19. The van der Waals surface area contributed by atoms with Gasteiger partial charge in [-0.3, -0.25) is 14.9 Å². The minimum atomic E-state index is -0.752. The van der Waals surface area contributed by atoms with Crippen LogP contribution in [0.2, 0.25) is 0 Å². The molecule has 23 heavy (non-hydrogen) atoms. The standard InChI is InChI=1S/C16H14N2O5/c1-10-4-3-5-13(6-10)17-15(19)11-7-12(16(20)23-2)9-14(8-11)18(21)22/h3-9H,1-2H3,(H,17,19). The van der Waals surface area contributed by atoms with Gasteiger partial charge in [-0.05, 0) is 30.7 Å². The highest BCUT2D eigenvalue weighted by atomic mass is 16.6. The summed E-state index contributed by atoms with van der Waals surface area (Å²) >= 11 is 0. The Balaban J connectivity index is 2.37. The van der Waals surface area contributed by atoms with Crippen molar-refractivity contribution in [1.82, 2.24) is 0 Å². The third-order valence-corrected chi connectivity index (χ3v) is 3.09. The molecule has 7 heteroatoms. The zero-order valence-corrected chi connectivity index (χ0v) is 12.5. The van der Waals surface area contributed by atoms with Gasteiger partial charge in [0.25, 0.3) is 11.6 Å². The van der Waals surface area contributed by atoms with Crippen LogP contribution in [0, 0.1) is 17.0 Å². The second-order valence-corrected chi connectivity index (χ2v) is 4.84. The van der Waals surface area contributed by atoms with Crippen LogP contribution in [0.3, 0.4) is 0 Å². The Bertz CT molecular complexity index is 786. The number of methoxy groups -OCH3 is 1. The molecule has 0 spiro atoms. The Labute approximate surface area is 132 Å². The lowest BCUT2D eigenvalue weighted by molar-refractivity contribution is -0.384. The van der Waals surface area contributed by atoms with Crippen LogP contribution in [0.4, 0.5) is 11.4 Å². The molecular weight excluding hydrogens is 300 g/mol. The Hall–Kier alpha value is -3.22. The van der Waals surface area contributed by atoms with E-state index in [0.717, 1.165) is 24.8 Å². The summed E-state index contributed by atoms with van der Waals surface area (Å²) in [5.74, 6) is -1.30. The van der Waals surface area contributed by atoms with Crippen molar-refractivity contribution in [2.24, 2.45) is 0 Å². The zero-order valence-electron chi connectivity index (χ0n) is 12.5. The van der Waals surface area contributed by atoms with Crippen LogP contribution >= 0.6 is 0 Å². The topological polar surface area (TPSA) is 98.5 Å². The molecule has 7 nitrogen and oxygen atoms in total. The Morgan fingerprint density at radius 3 is 2.43 bits per heavy atom. The van der Waals surface area contributed by atoms with Crippen molar-refractivity contribution in [1.29, 1.82) is 0 Å². The predicted molar refractivity (Wildman–Crippen MR) is 83.6 cm³/mol. The van der Waals surface area contributed by atoms with Crippen LogP contribution in [-0.4, -0.2) is 23.9 Å². The van der Waals surface area contributed by atoms with Gasteiger partial charge in [-0.25, -0.2) is 4.79 Å². The fourth-order valence-corrected chi connectivity index (χ4v) is 2.01. The minimum Gasteiger partial charge on any atom is -0.465 e. The molecule has 2 aromatic rings. The fourth-order valence-electron chi connectivity index (χ4n) is 2.01. The lowest BCUT2D eigenvalue weighted by atomic mass is 10.1. The quantitative estimate of drug-likeness (QED) is 0.531. The summed E-state index contributed by atoms with van der Waals surface area (Å²) in [5, 5.41) is 13.6. The lowest BCUT2D eigenvalue weighted by Crippen LogP contribution is -2.14. The summed E-state index contributed by atoms with van der Waals surface area (Å²) in [7, 11) is 1.16. The third kappa shape index (κ3) is 3.91. The number of hydrogen-bond acceptors (Lipinski definition) is 5. The number of carbonyl (C=O) groups is 2. The van der Waals surface area contributed by atoms with E-state index in [1.165, 1.54) is 6.07 Å². The average Bonchev–Trinajstić information content (AvgIpc) is 2.53. The molecule has 1 N–H and O–H groups in total. The molecule has 0 saturated carbocycles. The van der Waals surface area contributed by atoms with E-state index >= 15 is 0 Å². The number of nitrogens with one attached hydrogen (secondary N) is 1.